The minimum absolute atomic E-state index is 0.0394. The number of nitro groups is 1. The summed E-state index contributed by atoms with van der Waals surface area (Å²) in [6.45, 7) is 1.23. The molecule has 0 spiro atoms. The molecule has 10 heteroatoms. The van der Waals surface area contributed by atoms with Crippen LogP contribution in [0.3, 0.4) is 0 Å². The number of para-hydroxylation sites is 1. The van der Waals surface area contributed by atoms with Crippen LogP contribution in [0.2, 0.25) is 0 Å². The second-order valence-electron chi connectivity index (χ2n) is 5.72. The van der Waals surface area contributed by atoms with Crippen molar-refractivity contribution >= 4 is 29.1 Å². The molecule has 1 atom stereocenters. The van der Waals surface area contributed by atoms with Crippen LogP contribution in [0.15, 0.2) is 36.4 Å². The van der Waals surface area contributed by atoms with Crippen LogP contribution < -0.4 is 15.0 Å². The van der Waals surface area contributed by atoms with E-state index in [1.165, 1.54) is 24.3 Å². The molecule has 1 aliphatic heterocycles. The van der Waals surface area contributed by atoms with Gasteiger partial charge in [0.15, 0.2) is 11.9 Å². The van der Waals surface area contributed by atoms with E-state index in [-0.39, 0.29) is 17.3 Å². The minimum Gasteiger partial charge on any atom is -0.474 e. The molecule has 2 heterocycles. The normalized spacial score (nSPS) is 15.7. The number of benzene rings is 1. The highest BCUT2D eigenvalue weighted by molar-refractivity contribution is 6.05. The van der Waals surface area contributed by atoms with Crippen molar-refractivity contribution in [3.63, 3.8) is 0 Å². The molecule has 1 aliphatic rings. The smallest absolute Gasteiger partial charge is 0.366 e. The molecule has 2 aromatic rings. The zero-order valence-corrected chi connectivity index (χ0v) is 14.2. The average molecular weight is 374 g/mol. The molecular weight excluding hydrogens is 359 g/mol. The number of carbonyl (C=O) groups excluding carboxylic acids is 2. The third-order valence-corrected chi connectivity index (χ3v) is 3.90. The third-order valence-electron chi connectivity index (χ3n) is 3.90. The average Bonchev–Trinajstić information content (AvgIpc) is 2.65. The minimum atomic E-state index is -0.845. The van der Waals surface area contributed by atoms with Crippen molar-refractivity contribution in [1.82, 2.24) is 4.98 Å². The van der Waals surface area contributed by atoms with Crippen LogP contribution in [-0.2, 0) is 9.59 Å². The Labute approximate surface area is 152 Å². The largest absolute Gasteiger partial charge is 0.474 e. The molecule has 1 aromatic carbocycles. The van der Waals surface area contributed by atoms with Crippen LogP contribution in [0.5, 0.6) is 5.75 Å². The summed E-state index contributed by atoms with van der Waals surface area (Å²) in [7, 11) is 0. The van der Waals surface area contributed by atoms with Crippen molar-refractivity contribution in [3.8, 4) is 5.75 Å². The number of halogens is 1. The molecule has 9 nitrogen and oxygen atoms in total. The monoisotopic (exact) mass is 374 g/mol. The Balaban J connectivity index is 1.89. The number of fused-ring (bicyclic) bond motifs is 1. The van der Waals surface area contributed by atoms with Gasteiger partial charge in [-0.1, -0.05) is 19.1 Å². The van der Waals surface area contributed by atoms with Crippen LogP contribution in [-0.4, -0.2) is 34.4 Å². The van der Waals surface area contributed by atoms with Gasteiger partial charge in [-0.2, -0.15) is 0 Å². The van der Waals surface area contributed by atoms with E-state index in [0.717, 1.165) is 11.0 Å². The number of rotatable bonds is 5. The molecule has 0 fully saturated rings. The number of aromatic nitrogens is 1. The number of carbonyl (C=O) groups is 2. The van der Waals surface area contributed by atoms with E-state index in [1.54, 1.807) is 13.0 Å². The third kappa shape index (κ3) is 3.68. The lowest BCUT2D eigenvalue weighted by atomic mass is 10.2. The van der Waals surface area contributed by atoms with Gasteiger partial charge in [-0.25, -0.2) is 4.39 Å². The van der Waals surface area contributed by atoms with Gasteiger partial charge >= 0.3 is 5.82 Å². The summed E-state index contributed by atoms with van der Waals surface area (Å²) in [5.41, 5.74) is -0.0394. The van der Waals surface area contributed by atoms with Crippen LogP contribution in [0.4, 0.5) is 21.7 Å². The van der Waals surface area contributed by atoms with Crippen molar-refractivity contribution in [1.29, 1.82) is 0 Å². The highest BCUT2D eigenvalue weighted by atomic mass is 19.1. The second-order valence-corrected chi connectivity index (χ2v) is 5.72. The maximum absolute atomic E-state index is 13.7. The Bertz CT molecular complexity index is 920. The van der Waals surface area contributed by atoms with E-state index in [0.29, 0.717) is 6.42 Å². The number of hydrogen-bond acceptors (Lipinski definition) is 6. The Hall–Kier alpha value is -3.56. The van der Waals surface area contributed by atoms with Crippen molar-refractivity contribution in [2.45, 2.75) is 19.4 Å². The number of pyridine rings is 1. The molecule has 2 amide bonds. The van der Waals surface area contributed by atoms with Gasteiger partial charge in [-0.3, -0.25) is 14.5 Å². The summed E-state index contributed by atoms with van der Waals surface area (Å²) in [6, 6.07) is 8.06. The van der Waals surface area contributed by atoms with E-state index in [2.05, 4.69) is 10.3 Å². The van der Waals surface area contributed by atoms with E-state index < -0.39 is 41.0 Å². The fourth-order valence-electron chi connectivity index (χ4n) is 2.60. The van der Waals surface area contributed by atoms with Crippen molar-refractivity contribution < 1.29 is 23.6 Å². The first-order chi connectivity index (χ1) is 12.9. The number of anilines is 2. The Morgan fingerprint density at radius 1 is 1.37 bits per heavy atom. The van der Waals surface area contributed by atoms with Gasteiger partial charge in [0.25, 0.3) is 11.7 Å². The lowest BCUT2D eigenvalue weighted by molar-refractivity contribution is -0.389. The fraction of sp³-hybridized carbons (Fsp3) is 0.235. The predicted octanol–water partition coefficient (Wildman–Crippen LogP) is 2.27. The zero-order chi connectivity index (χ0) is 19.6. The molecule has 0 saturated carbocycles. The van der Waals surface area contributed by atoms with E-state index in [1.807, 2.05) is 0 Å². The molecule has 0 radical (unpaired) electrons. The Kier molecular flexibility index (Phi) is 4.97. The van der Waals surface area contributed by atoms with Gasteiger partial charge in [0.2, 0.25) is 5.91 Å². The molecule has 0 bridgehead atoms. The first-order valence-corrected chi connectivity index (χ1v) is 8.08. The molecule has 140 valence electrons. The summed E-state index contributed by atoms with van der Waals surface area (Å²) in [4.78, 5) is 40.0. The maximum atomic E-state index is 13.7. The second kappa shape index (κ2) is 7.36. The van der Waals surface area contributed by atoms with Crippen LogP contribution in [0, 0.1) is 15.9 Å². The van der Waals surface area contributed by atoms with E-state index >= 15 is 0 Å². The van der Waals surface area contributed by atoms with Crippen LogP contribution in [0.25, 0.3) is 0 Å². The molecule has 1 aromatic heterocycles. The van der Waals surface area contributed by atoms with E-state index in [9.17, 15) is 24.1 Å². The number of nitrogens with one attached hydrogen (secondary N) is 1. The molecule has 0 saturated heterocycles. The summed E-state index contributed by atoms with van der Waals surface area (Å²) in [5.74, 6) is -2.31. The number of nitrogens with zero attached hydrogens (tertiary/aromatic N) is 3. The lowest BCUT2D eigenvalue weighted by Gasteiger charge is -2.30. The van der Waals surface area contributed by atoms with Crippen molar-refractivity contribution in [3.05, 3.63) is 52.3 Å². The SMILES string of the molecule is CCC1Oc2ccc([N+](=O)[O-])nc2N(CC(=O)Nc2ccccc2F)C1=O. The maximum Gasteiger partial charge on any atom is 0.366 e. The first-order valence-electron chi connectivity index (χ1n) is 8.08. The fourth-order valence-corrected chi connectivity index (χ4v) is 2.60. The number of hydrogen-bond donors (Lipinski definition) is 1. The van der Waals surface area contributed by atoms with Crippen molar-refractivity contribution in [2.75, 3.05) is 16.8 Å². The molecular formula is C17H15FN4O5. The number of amides is 2. The quantitative estimate of drug-likeness (QED) is 0.634. The van der Waals surface area contributed by atoms with Gasteiger partial charge in [-0.15, -0.1) is 0 Å². The molecule has 1 unspecified atom stereocenters. The van der Waals surface area contributed by atoms with Crippen LogP contribution >= 0.6 is 0 Å². The Morgan fingerprint density at radius 3 is 2.78 bits per heavy atom. The predicted molar refractivity (Wildman–Crippen MR) is 93.0 cm³/mol. The highest BCUT2D eigenvalue weighted by Crippen LogP contribution is 2.34. The van der Waals surface area contributed by atoms with Crippen LogP contribution in [0.1, 0.15) is 13.3 Å². The summed E-state index contributed by atoms with van der Waals surface area (Å²) >= 11 is 0. The highest BCUT2D eigenvalue weighted by Gasteiger charge is 2.39. The molecule has 3 rings (SSSR count). The molecule has 0 aliphatic carbocycles. The van der Waals surface area contributed by atoms with E-state index in [4.69, 9.17) is 4.74 Å². The summed E-state index contributed by atoms with van der Waals surface area (Å²) in [5, 5.41) is 13.3. The zero-order valence-electron chi connectivity index (χ0n) is 14.2. The van der Waals surface area contributed by atoms with Crippen molar-refractivity contribution in [2.24, 2.45) is 0 Å². The summed E-state index contributed by atoms with van der Waals surface area (Å²) < 4.78 is 19.2. The number of ether oxygens (including phenoxy) is 1. The molecule has 1 N–H and O–H groups in total. The standard InChI is InChI=1S/C17H15FN4O5/c1-2-12-17(24)21(9-15(23)19-11-6-4-3-5-10(11)18)16-13(27-12)7-8-14(20-16)22(25)26/h3-8,12H,2,9H2,1H3,(H,19,23). The molecule has 27 heavy (non-hydrogen) atoms. The van der Waals surface area contributed by atoms with Gasteiger partial charge in [0.05, 0.1) is 5.69 Å². The summed E-state index contributed by atoms with van der Waals surface area (Å²) in [6.07, 6.45) is -0.511. The van der Waals surface area contributed by atoms with Gasteiger partial charge in [0.1, 0.15) is 12.4 Å². The van der Waals surface area contributed by atoms with Gasteiger partial charge in [0, 0.05) is 6.07 Å². The van der Waals surface area contributed by atoms with Gasteiger partial charge in [-0.05, 0) is 34.5 Å². The van der Waals surface area contributed by atoms with Gasteiger partial charge < -0.3 is 20.2 Å². The topological polar surface area (TPSA) is 115 Å². The Morgan fingerprint density at radius 2 is 2.11 bits per heavy atom. The lowest BCUT2D eigenvalue weighted by Crippen LogP contribution is -2.49. The first kappa shape index (κ1) is 18.2.